The standard InChI is InChI=1S/C13H18O4/c1-4-15-11-6-5-7-12(8-11)16-9-13(14)17-10(2)3/h5-8,10H,4,9H2,1-3H3. The number of rotatable bonds is 6. The Morgan fingerprint density at radius 3 is 2.47 bits per heavy atom. The lowest BCUT2D eigenvalue weighted by Gasteiger charge is -2.10. The highest BCUT2D eigenvalue weighted by Gasteiger charge is 2.06. The molecule has 0 bridgehead atoms. The fourth-order valence-electron chi connectivity index (χ4n) is 1.26. The Balaban J connectivity index is 2.45. The van der Waals surface area contributed by atoms with Gasteiger partial charge in [0.25, 0.3) is 0 Å². The SMILES string of the molecule is CCOc1cccc(OCC(=O)OC(C)C)c1. The topological polar surface area (TPSA) is 44.8 Å². The van der Waals surface area contributed by atoms with Crippen molar-refractivity contribution in [3.8, 4) is 11.5 Å². The first kappa shape index (κ1) is 13.4. The van der Waals surface area contributed by atoms with Crippen LogP contribution >= 0.6 is 0 Å². The molecule has 4 heteroatoms. The molecule has 0 amide bonds. The lowest BCUT2D eigenvalue weighted by atomic mass is 10.3. The minimum absolute atomic E-state index is 0.0895. The molecule has 0 spiro atoms. The molecule has 0 heterocycles. The van der Waals surface area contributed by atoms with E-state index in [9.17, 15) is 4.79 Å². The molecule has 0 aliphatic rings. The second-order valence-electron chi connectivity index (χ2n) is 3.74. The van der Waals surface area contributed by atoms with Gasteiger partial charge >= 0.3 is 5.97 Å². The van der Waals surface area contributed by atoms with E-state index < -0.39 is 0 Å². The van der Waals surface area contributed by atoms with E-state index in [1.807, 2.05) is 19.1 Å². The highest BCUT2D eigenvalue weighted by atomic mass is 16.6. The van der Waals surface area contributed by atoms with Gasteiger partial charge in [-0.15, -0.1) is 0 Å². The van der Waals surface area contributed by atoms with Gasteiger partial charge in [0.15, 0.2) is 6.61 Å². The van der Waals surface area contributed by atoms with Gasteiger partial charge in [-0.05, 0) is 32.9 Å². The van der Waals surface area contributed by atoms with Gasteiger partial charge in [0.2, 0.25) is 0 Å². The quantitative estimate of drug-likeness (QED) is 0.714. The van der Waals surface area contributed by atoms with E-state index in [0.717, 1.165) is 5.75 Å². The first-order chi connectivity index (χ1) is 8.11. The van der Waals surface area contributed by atoms with Gasteiger partial charge in [0.05, 0.1) is 12.7 Å². The average Bonchev–Trinajstić information content (AvgIpc) is 2.26. The molecule has 0 aliphatic heterocycles. The van der Waals surface area contributed by atoms with Crippen LogP contribution in [-0.2, 0) is 9.53 Å². The number of carbonyl (C=O) groups excluding carboxylic acids is 1. The molecule has 0 saturated heterocycles. The van der Waals surface area contributed by atoms with Gasteiger partial charge in [-0.2, -0.15) is 0 Å². The monoisotopic (exact) mass is 238 g/mol. The van der Waals surface area contributed by atoms with E-state index in [1.165, 1.54) is 0 Å². The summed E-state index contributed by atoms with van der Waals surface area (Å²) in [6.45, 7) is 6.02. The molecule has 1 aromatic carbocycles. The van der Waals surface area contributed by atoms with E-state index in [0.29, 0.717) is 12.4 Å². The van der Waals surface area contributed by atoms with Crippen molar-refractivity contribution in [1.82, 2.24) is 0 Å². The largest absolute Gasteiger partial charge is 0.494 e. The molecule has 0 N–H and O–H groups in total. The molecule has 0 saturated carbocycles. The maximum atomic E-state index is 11.3. The maximum Gasteiger partial charge on any atom is 0.344 e. The van der Waals surface area contributed by atoms with Crippen LogP contribution in [0.1, 0.15) is 20.8 Å². The van der Waals surface area contributed by atoms with Crippen LogP contribution in [0.4, 0.5) is 0 Å². The van der Waals surface area contributed by atoms with Crippen molar-refractivity contribution in [2.45, 2.75) is 26.9 Å². The van der Waals surface area contributed by atoms with Crippen LogP contribution in [0, 0.1) is 0 Å². The van der Waals surface area contributed by atoms with Gasteiger partial charge in [0, 0.05) is 6.07 Å². The Morgan fingerprint density at radius 1 is 1.24 bits per heavy atom. The predicted octanol–water partition coefficient (Wildman–Crippen LogP) is 2.42. The Bertz CT molecular complexity index is 360. The van der Waals surface area contributed by atoms with Crippen LogP contribution in [0.2, 0.25) is 0 Å². The zero-order valence-corrected chi connectivity index (χ0v) is 10.4. The molecule has 0 atom stereocenters. The number of hydrogen-bond donors (Lipinski definition) is 0. The number of benzene rings is 1. The third-order valence-corrected chi connectivity index (χ3v) is 1.84. The normalized spacial score (nSPS) is 10.1. The molecule has 0 aliphatic carbocycles. The van der Waals surface area contributed by atoms with E-state index in [1.54, 1.807) is 26.0 Å². The van der Waals surface area contributed by atoms with Crippen LogP contribution in [0.25, 0.3) is 0 Å². The van der Waals surface area contributed by atoms with Crippen molar-refractivity contribution in [3.05, 3.63) is 24.3 Å². The van der Waals surface area contributed by atoms with E-state index in [-0.39, 0.29) is 18.7 Å². The van der Waals surface area contributed by atoms with Crippen molar-refractivity contribution in [2.24, 2.45) is 0 Å². The van der Waals surface area contributed by atoms with Crippen molar-refractivity contribution in [3.63, 3.8) is 0 Å². The maximum absolute atomic E-state index is 11.3. The summed E-state index contributed by atoms with van der Waals surface area (Å²) < 4.78 is 15.6. The second kappa shape index (κ2) is 6.78. The minimum atomic E-state index is -0.373. The Labute approximate surface area is 101 Å². The number of carbonyl (C=O) groups is 1. The third kappa shape index (κ3) is 5.24. The summed E-state index contributed by atoms with van der Waals surface area (Å²) in [6.07, 6.45) is -0.124. The van der Waals surface area contributed by atoms with E-state index in [2.05, 4.69) is 0 Å². The third-order valence-electron chi connectivity index (χ3n) is 1.84. The Kier molecular flexibility index (Phi) is 5.33. The smallest absolute Gasteiger partial charge is 0.344 e. The number of hydrogen-bond acceptors (Lipinski definition) is 4. The van der Waals surface area contributed by atoms with Crippen LogP contribution in [0.3, 0.4) is 0 Å². The molecule has 0 aromatic heterocycles. The summed E-state index contributed by atoms with van der Waals surface area (Å²) in [7, 11) is 0. The molecule has 0 fully saturated rings. The molecular formula is C13H18O4. The zero-order chi connectivity index (χ0) is 12.7. The molecule has 0 radical (unpaired) electrons. The summed E-state index contributed by atoms with van der Waals surface area (Å²) >= 11 is 0. The van der Waals surface area contributed by atoms with Gasteiger partial charge in [-0.3, -0.25) is 0 Å². The summed E-state index contributed by atoms with van der Waals surface area (Å²) in [4.78, 5) is 11.3. The van der Waals surface area contributed by atoms with Gasteiger partial charge in [-0.25, -0.2) is 4.79 Å². The van der Waals surface area contributed by atoms with Gasteiger partial charge in [-0.1, -0.05) is 6.07 Å². The Morgan fingerprint density at radius 2 is 1.88 bits per heavy atom. The number of ether oxygens (including phenoxy) is 3. The zero-order valence-electron chi connectivity index (χ0n) is 10.4. The van der Waals surface area contributed by atoms with Gasteiger partial charge < -0.3 is 14.2 Å². The van der Waals surface area contributed by atoms with Crippen LogP contribution in [0.15, 0.2) is 24.3 Å². The first-order valence-electron chi connectivity index (χ1n) is 5.67. The summed E-state index contributed by atoms with van der Waals surface area (Å²) in [5.41, 5.74) is 0. The molecule has 0 unspecified atom stereocenters. The van der Waals surface area contributed by atoms with Crippen molar-refractivity contribution in [2.75, 3.05) is 13.2 Å². The highest BCUT2D eigenvalue weighted by Crippen LogP contribution is 2.19. The van der Waals surface area contributed by atoms with Gasteiger partial charge in [0.1, 0.15) is 11.5 Å². The summed E-state index contributed by atoms with van der Waals surface area (Å²) in [5, 5.41) is 0. The first-order valence-corrected chi connectivity index (χ1v) is 5.67. The van der Waals surface area contributed by atoms with Crippen molar-refractivity contribution >= 4 is 5.97 Å². The molecule has 1 aromatic rings. The van der Waals surface area contributed by atoms with Crippen molar-refractivity contribution < 1.29 is 19.0 Å². The van der Waals surface area contributed by atoms with E-state index >= 15 is 0 Å². The molecular weight excluding hydrogens is 220 g/mol. The lowest BCUT2D eigenvalue weighted by Crippen LogP contribution is -2.18. The van der Waals surface area contributed by atoms with Crippen LogP contribution in [-0.4, -0.2) is 25.3 Å². The van der Waals surface area contributed by atoms with Crippen LogP contribution < -0.4 is 9.47 Å². The van der Waals surface area contributed by atoms with Crippen LogP contribution in [0.5, 0.6) is 11.5 Å². The number of esters is 1. The second-order valence-corrected chi connectivity index (χ2v) is 3.74. The molecule has 94 valence electrons. The summed E-state index contributed by atoms with van der Waals surface area (Å²) in [6, 6.07) is 7.16. The Hall–Kier alpha value is -1.71. The lowest BCUT2D eigenvalue weighted by molar-refractivity contribution is -0.149. The fourth-order valence-corrected chi connectivity index (χ4v) is 1.26. The summed E-state index contributed by atoms with van der Waals surface area (Å²) in [5.74, 6) is 0.945. The minimum Gasteiger partial charge on any atom is -0.494 e. The molecule has 17 heavy (non-hydrogen) atoms. The van der Waals surface area contributed by atoms with E-state index in [4.69, 9.17) is 14.2 Å². The van der Waals surface area contributed by atoms with Crippen molar-refractivity contribution in [1.29, 1.82) is 0 Å². The predicted molar refractivity (Wildman–Crippen MR) is 64.3 cm³/mol. The molecule has 1 rings (SSSR count). The highest BCUT2D eigenvalue weighted by molar-refractivity contribution is 5.71. The fraction of sp³-hybridized carbons (Fsp3) is 0.462. The average molecular weight is 238 g/mol. The molecule has 4 nitrogen and oxygen atoms in total.